The fraction of sp³-hybridized carbons (Fsp3) is 0.0625. The predicted molar refractivity (Wildman–Crippen MR) is 86.3 cm³/mol. The standard InChI is InChI=1S/C16H10ClFN2O4/c1-8(21)23-10-3-5-14-11(7-10)15(20-16(22)24-14)19-9-2-4-13(18)12(17)6-9/h2-7H,1H3,(H,19,20,22). The van der Waals surface area contributed by atoms with E-state index >= 15 is 0 Å². The first-order valence-electron chi connectivity index (χ1n) is 6.78. The van der Waals surface area contributed by atoms with E-state index in [-0.39, 0.29) is 22.2 Å². The number of carbonyl (C=O) groups excluding carboxylic acids is 1. The lowest BCUT2D eigenvalue weighted by atomic mass is 10.2. The molecule has 1 heterocycles. The lowest BCUT2D eigenvalue weighted by molar-refractivity contribution is -0.131. The molecule has 0 aliphatic heterocycles. The van der Waals surface area contributed by atoms with Gasteiger partial charge >= 0.3 is 11.7 Å². The highest BCUT2D eigenvalue weighted by atomic mass is 35.5. The highest BCUT2D eigenvalue weighted by Crippen LogP contribution is 2.28. The second-order valence-corrected chi connectivity index (χ2v) is 5.24. The van der Waals surface area contributed by atoms with Crippen LogP contribution >= 0.6 is 11.6 Å². The Labute approximate surface area is 139 Å². The quantitative estimate of drug-likeness (QED) is 0.574. The van der Waals surface area contributed by atoms with Crippen molar-refractivity contribution in [3.63, 3.8) is 0 Å². The molecular formula is C16H10ClFN2O4. The molecule has 0 amide bonds. The second kappa shape index (κ2) is 6.29. The Morgan fingerprint density at radius 2 is 2.08 bits per heavy atom. The van der Waals surface area contributed by atoms with E-state index in [4.69, 9.17) is 20.8 Å². The van der Waals surface area contributed by atoms with Crippen LogP contribution in [0.4, 0.5) is 15.9 Å². The lowest BCUT2D eigenvalue weighted by Crippen LogP contribution is -2.08. The van der Waals surface area contributed by atoms with Gasteiger partial charge in [-0.1, -0.05) is 11.6 Å². The zero-order valence-electron chi connectivity index (χ0n) is 12.3. The maximum Gasteiger partial charge on any atom is 0.441 e. The van der Waals surface area contributed by atoms with Crippen molar-refractivity contribution < 1.29 is 18.3 Å². The number of aromatic nitrogens is 1. The first-order valence-corrected chi connectivity index (χ1v) is 7.15. The van der Waals surface area contributed by atoms with Crippen LogP contribution in [0.3, 0.4) is 0 Å². The number of hydrogen-bond acceptors (Lipinski definition) is 6. The van der Waals surface area contributed by atoms with E-state index in [0.29, 0.717) is 11.1 Å². The molecular weight excluding hydrogens is 339 g/mol. The molecule has 8 heteroatoms. The molecule has 0 radical (unpaired) electrons. The number of halogens is 2. The van der Waals surface area contributed by atoms with Gasteiger partial charge in [-0.25, -0.2) is 9.18 Å². The van der Waals surface area contributed by atoms with Crippen LogP contribution in [-0.2, 0) is 4.79 Å². The third-order valence-electron chi connectivity index (χ3n) is 3.05. The summed E-state index contributed by atoms with van der Waals surface area (Å²) in [6, 6.07) is 8.46. The third-order valence-corrected chi connectivity index (χ3v) is 3.34. The summed E-state index contributed by atoms with van der Waals surface area (Å²) < 4.78 is 23.3. The fourth-order valence-corrected chi connectivity index (χ4v) is 2.27. The lowest BCUT2D eigenvalue weighted by Gasteiger charge is -2.09. The van der Waals surface area contributed by atoms with Gasteiger partial charge in [0.25, 0.3) is 0 Å². The molecule has 0 aliphatic carbocycles. The molecule has 0 saturated carbocycles. The number of rotatable bonds is 3. The van der Waals surface area contributed by atoms with Gasteiger partial charge in [-0.15, -0.1) is 0 Å². The van der Waals surface area contributed by atoms with Gasteiger partial charge in [0.05, 0.1) is 10.4 Å². The maximum absolute atomic E-state index is 13.2. The number of benzene rings is 2. The third kappa shape index (κ3) is 3.36. The molecule has 0 saturated heterocycles. The minimum absolute atomic E-state index is 0.0760. The van der Waals surface area contributed by atoms with Crippen molar-refractivity contribution in [3.8, 4) is 5.75 Å². The van der Waals surface area contributed by atoms with Crippen LogP contribution in [-0.4, -0.2) is 11.0 Å². The van der Waals surface area contributed by atoms with Crippen LogP contribution in [0.2, 0.25) is 5.02 Å². The number of hydrogen-bond donors (Lipinski definition) is 1. The van der Waals surface area contributed by atoms with Crippen molar-refractivity contribution in [2.45, 2.75) is 6.92 Å². The normalized spacial score (nSPS) is 10.6. The number of ether oxygens (including phenoxy) is 1. The van der Waals surface area contributed by atoms with E-state index in [2.05, 4.69) is 10.3 Å². The van der Waals surface area contributed by atoms with E-state index in [0.717, 1.165) is 0 Å². The Morgan fingerprint density at radius 1 is 1.29 bits per heavy atom. The van der Waals surface area contributed by atoms with E-state index in [1.54, 1.807) is 0 Å². The topological polar surface area (TPSA) is 81.4 Å². The van der Waals surface area contributed by atoms with Crippen LogP contribution in [0.15, 0.2) is 45.6 Å². The molecule has 1 N–H and O–H groups in total. The zero-order valence-corrected chi connectivity index (χ0v) is 13.1. The van der Waals surface area contributed by atoms with E-state index < -0.39 is 17.5 Å². The van der Waals surface area contributed by atoms with Crippen molar-refractivity contribution in [2.75, 3.05) is 5.32 Å². The summed E-state index contributed by atoms with van der Waals surface area (Å²) in [6.07, 6.45) is 0. The highest BCUT2D eigenvalue weighted by molar-refractivity contribution is 6.31. The molecule has 0 aliphatic rings. The van der Waals surface area contributed by atoms with Crippen LogP contribution in [0.1, 0.15) is 6.92 Å². The van der Waals surface area contributed by atoms with Gasteiger partial charge in [0.1, 0.15) is 23.0 Å². The van der Waals surface area contributed by atoms with Gasteiger partial charge in [0, 0.05) is 12.6 Å². The van der Waals surface area contributed by atoms with E-state index in [9.17, 15) is 14.0 Å². The summed E-state index contributed by atoms with van der Waals surface area (Å²) in [5.41, 5.74) is 0.681. The van der Waals surface area contributed by atoms with E-state index in [1.165, 1.54) is 43.3 Å². The average molecular weight is 349 g/mol. The van der Waals surface area contributed by atoms with Crippen molar-refractivity contribution in [1.29, 1.82) is 0 Å². The van der Waals surface area contributed by atoms with Gasteiger partial charge in [-0.05, 0) is 36.4 Å². The molecule has 3 rings (SSSR count). The molecule has 0 unspecified atom stereocenters. The summed E-state index contributed by atoms with van der Waals surface area (Å²) in [5.74, 6) is -1.42. The Kier molecular flexibility index (Phi) is 4.18. The van der Waals surface area contributed by atoms with E-state index in [1.807, 2.05) is 0 Å². The summed E-state index contributed by atoms with van der Waals surface area (Å²) in [7, 11) is 0. The van der Waals surface area contributed by atoms with Gasteiger partial charge in [0.15, 0.2) is 0 Å². The largest absolute Gasteiger partial charge is 0.441 e. The monoisotopic (exact) mass is 348 g/mol. The van der Waals surface area contributed by atoms with Crippen molar-refractivity contribution in [3.05, 3.63) is 57.8 Å². The second-order valence-electron chi connectivity index (χ2n) is 4.83. The molecule has 122 valence electrons. The molecule has 24 heavy (non-hydrogen) atoms. The van der Waals surface area contributed by atoms with Gasteiger partial charge in [-0.3, -0.25) is 4.79 Å². The number of nitrogens with zero attached hydrogens (tertiary/aromatic N) is 1. The maximum atomic E-state index is 13.2. The van der Waals surface area contributed by atoms with Gasteiger partial charge in [-0.2, -0.15) is 4.98 Å². The first kappa shape index (κ1) is 15.9. The molecule has 3 aromatic rings. The Bertz CT molecular complexity index is 1000. The van der Waals surface area contributed by atoms with Crippen LogP contribution in [0.5, 0.6) is 5.75 Å². The molecule has 2 aromatic carbocycles. The number of nitrogens with one attached hydrogen (secondary N) is 1. The molecule has 6 nitrogen and oxygen atoms in total. The molecule has 0 bridgehead atoms. The Balaban J connectivity index is 2.09. The Hall–Kier alpha value is -2.93. The van der Waals surface area contributed by atoms with Crippen LogP contribution in [0.25, 0.3) is 11.0 Å². The summed E-state index contributed by atoms with van der Waals surface area (Å²) in [4.78, 5) is 26.4. The SMILES string of the molecule is CC(=O)Oc1ccc2oc(=O)nc(Nc3ccc(F)c(Cl)c3)c2c1. The van der Waals surface area contributed by atoms with Gasteiger partial charge < -0.3 is 14.5 Å². The van der Waals surface area contributed by atoms with Crippen molar-refractivity contribution in [2.24, 2.45) is 0 Å². The van der Waals surface area contributed by atoms with Crippen LogP contribution < -0.4 is 15.8 Å². The minimum Gasteiger partial charge on any atom is -0.427 e. The predicted octanol–water partition coefficient (Wildman–Crippen LogP) is 3.65. The minimum atomic E-state index is -0.807. The Morgan fingerprint density at radius 3 is 2.79 bits per heavy atom. The summed E-state index contributed by atoms with van der Waals surface area (Å²) in [6.45, 7) is 1.27. The zero-order chi connectivity index (χ0) is 17.3. The summed E-state index contributed by atoms with van der Waals surface area (Å²) in [5, 5.41) is 3.21. The fourth-order valence-electron chi connectivity index (χ4n) is 2.09. The number of anilines is 2. The van der Waals surface area contributed by atoms with Crippen LogP contribution in [0, 0.1) is 5.82 Å². The molecule has 0 atom stereocenters. The summed E-state index contributed by atoms with van der Waals surface area (Å²) >= 11 is 5.74. The average Bonchev–Trinajstić information content (AvgIpc) is 2.51. The number of fused-ring (bicyclic) bond motifs is 1. The number of carbonyl (C=O) groups is 1. The van der Waals surface area contributed by atoms with Gasteiger partial charge in [0.2, 0.25) is 0 Å². The number of esters is 1. The van der Waals surface area contributed by atoms with Crippen molar-refractivity contribution >= 4 is 40.0 Å². The molecule has 0 spiro atoms. The molecule has 1 aromatic heterocycles. The first-order chi connectivity index (χ1) is 11.4. The molecule has 0 fully saturated rings. The highest BCUT2D eigenvalue weighted by Gasteiger charge is 2.11. The smallest absolute Gasteiger partial charge is 0.427 e. The van der Waals surface area contributed by atoms with Crippen molar-refractivity contribution in [1.82, 2.24) is 4.98 Å².